The first kappa shape index (κ1) is 18.1. The summed E-state index contributed by atoms with van der Waals surface area (Å²) in [4.78, 5) is 5.77. The fourth-order valence-corrected chi connectivity index (χ4v) is 3.67. The Bertz CT molecular complexity index is 1020. The van der Waals surface area contributed by atoms with Crippen LogP contribution in [0.5, 0.6) is 0 Å². The molecule has 27 heavy (non-hydrogen) atoms. The van der Waals surface area contributed by atoms with Gasteiger partial charge in [0.25, 0.3) is 0 Å². The molecule has 0 N–H and O–H groups in total. The van der Waals surface area contributed by atoms with E-state index in [1.54, 1.807) is 6.08 Å². The van der Waals surface area contributed by atoms with Gasteiger partial charge in [-0.1, -0.05) is 17.7 Å². The Kier molecular flexibility index (Phi) is 4.48. The standard InChI is InChI=1S/C20H17ClF3N3/c1-26-8-7-18-16(12-26)15-10-14(21)3-4-17(15)27(18)9-6-13-2-5-19(25-11-13)20(22,23)24/h2-6,9-11H,7-8,12H2,1H3/b9-6+. The molecule has 4 rings (SSSR count). The van der Waals surface area contributed by atoms with Gasteiger partial charge in [0, 0.05) is 48.0 Å². The molecule has 0 aliphatic carbocycles. The highest BCUT2D eigenvalue weighted by molar-refractivity contribution is 6.31. The first-order valence-corrected chi connectivity index (χ1v) is 8.92. The van der Waals surface area contributed by atoms with Crippen LogP contribution in [0.2, 0.25) is 5.02 Å². The number of benzene rings is 1. The number of hydrogen-bond donors (Lipinski definition) is 0. The monoisotopic (exact) mass is 391 g/mol. The van der Waals surface area contributed by atoms with E-state index >= 15 is 0 Å². The zero-order chi connectivity index (χ0) is 19.2. The van der Waals surface area contributed by atoms with Gasteiger partial charge >= 0.3 is 6.18 Å². The van der Waals surface area contributed by atoms with Crippen LogP contribution in [-0.4, -0.2) is 28.0 Å². The third kappa shape index (κ3) is 3.47. The molecule has 140 valence electrons. The molecular weight excluding hydrogens is 375 g/mol. The van der Waals surface area contributed by atoms with Crippen molar-refractivity contribution in [2.45, 2.75) is 19.1 Å². The van der Waals surface area contributed by atoms with E-state index in [0.717, 1.165) is 36.5 Å². The third-order valence-electron chi connectivity index (χ3n) is 4.83. The summed E-state index contributed by atoms with van der Waals surface area (Å²) in [5, 5.41) is 1.80. The van der Waals surface area contributed by atoms with Gasteiger partial charge in [0.05, 0.1) is 5.52 Å². The maximum Gasteiger partial charge on any atom is 0.433 e. The molecule has 1 aromatic carbocycles. The van der Waals surface area contributed by atoms with Crippen LogP contribution in [0, 0.1) is 0 Å². The first-order chi connectivity index (χ1) is 12.8. The van der Waals surface area contributed by atoms with Crippen LogP contribution in [0.1, 0.15) is 22.5 Å². The van der Waals surface area contributed by atoms with Gasteiger partial charge in [-0.25, -0.2) is 0 Å². The van der Waals surface area contributed by atoms with Gasteiger partial charge in [-0.05, 0) is 48.5 Å². The number of pyridine rings is 1. The molecule has 0 bridgehead atoms. The Morgan fingerprint density at radius 2 is 2.00 bits per heavy atom. The number of alkyl halides is 3. The zero-order valence-electron chi connectivity index (χ0n) is 14.6. The average molecular weight is 392 g/mol. The molecular formula is C20H17ClF3N3. The molecule has 0 spiro atoms. The van der Waals surface area contributed by atoms with Crippen molar-refractivity contribution in [2.75, 3.05) is 13.6 Å². The topological polar surface area (TPSA) is 21.1 Å². The molecule has 0 fully saturated rings. The van der Waals surface area contributed by atoms with Crippen molar-refractivity contribution in [3.8, 4) is 0 Å². The second-order valence-electron chi connectivity index (χ2n) is 6.73. The summed E-state index contributed by atoms with van der Waals surface area (Å²) in [6.07, 6.45) is 1.38. The Hall–Kier alpha value is -2.31. The number of aromatic nitrogens is 2. The Morgan fingerprint density at radius 1 is 1.19 bits per heavy atom. The molecule has 0 saturated heterocycles. The summed E-state index contributed by atoms with van der Waals surface area (Å²) in [6.45, 7) is 1.79. The molecule has 3 aromatic rings. The lowest BCUT2D eigenvalue weighted by Gasteiger charge is -2.23. The Morgan fingerprint density at radius 3 is 2.70 bits per heavy atom. The van der Waals surface area contributed by atoms with Crippen molar-refractivity contribution >= 4 is 34.8 Å². The summed E-state index contributed by atoms with van der Waals surface area (Å²) in [5.41, 5.74) is 3.22. The largest absolute Gasteiger partial charge is 0.433 e. The molecule has 0 radical (unpaired) electrons. The second kappa shape index (κ2) is 6.69. The summed E-state index contributed by atoms with van der Waals surface area (Å²) in [6, 6.07) is 8.22. The Balaban J connectivity index is 1.75. The normalized spacial score (nSPS) is 15.6. The van der Waals surface area contributed by atoms with E-state index in [2.05, 4.69) is 21.5 Å². The molecule has 1 aliphatic rings. The van der Waals surface area contributed by atoms with Gasteiger partial charge in [0.15, 0.2) is 0 Å². The minimum absolute atomic E-state index is 0.612. The van der Waals surface area contributed by atoms with E-state index in [4.69, 9.17) is 11.6 Å². The minimum atomic E-state index is -4.43. The lowest BCUT2D eigenvalue weighted by Crippen LogP contribution is -2.26. The second-order valence-corrected chi connectivity index (χ2v) is 7.17. The van der Waals surface area contributed by atoms with Gasteiger partial charge in [-0.2, -0.15) is 13.2 Å². The number of hydrogen-bond acceptors (Lipinski definition) is 2. The summed E-state index contributed by atoms with van der Waals surface area (Å²) >= 11 is 6.19. The molecule has 0 atom stereocenters. The molecule has 0 saturated carbocycles. The summed E-state index contributed by atoms with van der Waals surface area (Å²) in [7, 11) is 2.08. The fraction of sp³-hybridized carbons (Fsp3) is 0.250. The molecule has 7 heteroatoms. The number of nitrogens with zero attached hydrogens (tertiary/aromatic N) is 3. The van der Waals surface area contributed by atoms with Crippen LogP contribution in [-0.2, 0) is 19.1 Å². The van der Waals surface area contributed by atoms with Crippen LogP contribution in [0.15, 0.2) is 36.5 Å². The van der Waals surface area contributed by atoms with Crippen molar-refractivity contribution in [2.24, 2.45) is 0 Å². The molecule has 3 heterocycles. The SMILES string of the molecule is CN1CCc2c(c3cc(Cl)ccc3n2/C=C/c2ccc(C(F)(F)F)nc2)C1. The maximum atomic E-state index is 12.7. The van der Waals surface area contributed by atoms with Crippen molar-refractivity contribution in [3.05, 3.63) is 64.1 Å². The van der Waals surface area contributed by atoms with E-state index in [1.807, 2.05) is 24.4 Å². The highest BCUT2D eigenvalue weighted by Crippen LogP contribution is 2.33. The van der Waals surface area contributed by atoms with E-state index < -0.39 is 11.9 Å². The van der Waals surface area contributed by atoms with Crippen LogP contribution in [0.25, 0.3) is 23.2 Å². The lowest BCUT2D eigenvalue weighted by molar-refractivity contribution is -0.141. The lowest BCUT2D eigenvalue weighted by atomic mass is 10.1. The van der Waals surface area contributed by atoms with Crippen LogP contribution in [0.3, 0.4) is 0 Å². The zero-order valence-corrected chi connectivity index (χ0v) is 15.3. The summed E-state index contributed by atoms with van der Waals surface area (Å²) in [5.74, 6) is 0. The molecule has 3 nitrogen and oxygen atoms in total. The average Bonchev–Trinajstić information content (AvgIpc) is 2.92. The van der Waals surface area contributed by atoms with E-state index in [-0.39, 0.29) is 0 Å². The number of halogens is 4. The maximum absolute atomic E-state index is 12.7. The predicted molar refractivity (Wildman–Crippen MR) is 101 cm³/mol. The molecule has 2 aromatic heterocycles. The van der Waals surface area contributed by atoms with E-state index in [9.17, 15) is 13.2 Å². The van der Waals surface area contributed by atoms with Gasteiger partial charge in [0.2, 0.25) is 0 Å². The van der Waals surface area contributed by atoms with Crippen LogP contribution < -0.4 is 0 Å². The number of rotatable bonds is 2. The highest BCUT2D eigenvalue weighted by Gasteiger charge is 2.31. The number of fused-ring (bicyclic) bond motifs is 3. The van der Waals surface area contributed by atoms with Crippen molar-refractivity contribution in [1.29, 1.82) is 0 Å². The smallest absolute Gasteiger partial charge is 0.320 e. The van der Waals surface area contributed by atoms with Gasteiger partial charge < -0.3 is 9.47 Å². The fourth-order valence-electron chi connectivity index (χ4n) is 3.50. The molecule has 1 aliphatic heterocycles. The molecule has 0 unspecified atom stereocenters. The van der Waals surface area contributed by atoms with Crippen molar-refractivity contribution in [1.82, 2.24) is 14.5 Å². The van der Waals surface area contributed by atoms with Gasteiger partial charge in [-0.3, -0.25) is 4.98 Å². The Labute approximate surface area is 159 Å². The van der Waals surface area contributed by atoms with E-state index in [0.29, 0.717) is 10.6 Å². The first-order valence-electron chi connectivity index (χ1n) is 8.54. The molecule has 0 amide bonds. The van der Waals surface area contributed by atoms with Crippen molar-refractivity contribution in [3.63, 3.8) is 0 Å². The van der Waals surface area contributed by atoms with Crippen LogP contribution >= 0.6 is 11.6 Å². The minimum Gasteiger partial charge on any atom is -0.320 e. The highest BCUT2D eigenvalue weighted by atomic mass is 35.5. The van der Waals surface area contributed by atoms with Gasteiger partial charge in [-0.15, -0.1) is 0 Å². The predicted octanol–water partition coefficient (Wildman–Crippen LogP) is 5.32. The summed E-state index contributed by atoms with van der Waals surface area (Å²) < 4.78 is 40.1. The van der Waals surface area contributed by atoms with Crippen molar-refractivity contribution < 1.29 is 13.2 Å². The third-order valence-corrected chi connectivity index (χ3v) is 5.07. The van der Waals surface area contributed by atoms with E-state index in [1.165, 1.54) is 23.5 Å². The quantitative estimate of drug-likeness (QED) is 0.589. The van der Waals surface area contributed by atoms with Gasteiger partial charge in [0.1, 0.15) is 5.69 Å². The number of likely N-dealkylation sites (N-methyl/N-ethyl adjacent to an activating group) is 1. The van der Waals surface area contributed by atoms with Crippen LogP contribution in [0.4, 0.5) is 13.2 Å².